The maximum absolute atomic E-state index is 14.8. The second-order valence-corrected chi connectivity index (χ2v) is 12.4. The highest BCUT2D eigenvalue weighted by Crippen LogP contribution is 2.65. The Labute approximate surface area is 250 Å². The Morgan fingerprint density at radius 1 is 1.14 bits per heavy atom. The molecule has 3 aliphatic rings. The van der Waals surface area contributed by atoms with E-state index in [-0.39, 0.29) is 37.5 Å². The molecule has 0 saturated carbocycles. The quantitative estimate of drug-likeness (QED) is 0.180. The topological polar surface area (TPSA) is 96.4 Å². The Bertz CT molecular complexity index is 1180. The molecule has 4 rings (SSSR count). The number of aryl methyl sites for hydroxylation is 2. The van der Waals surface area contributed by atoms with Crippen molar-refractivity contribution < 1.29 is 29.0 Å². The number of benzene rings is 1. The number of aliphatic hydroxyl groups excluding tert-OH is 1. The maximum atomic E-state index is 14.8. The van der Waals surface area contributed by atoms with E-state index in [4.69, 9.17) is 9.47 Å². The zero-order chi connectivity index (χ0) is 30.7. The summed E-state index contributed by atoms with van der Waals surface area (Å²) in [5.74, 6) is -2.51. The number of rotatable bonds is 15. The van der Waals surface area contributed by atoms with Crippen LogP contribution < -0.4 is 4.90 Å². The number of hydrogen-bond acceptors (Lipinski definition) is 6. The van der Waals surface area contributed by atoms with E-state index in [9.17, 15) is 19.5 Å². The number of amides is 2. The van der Waals surface area contributed by atoms with E-state index in [0.29, 0.717) is 32.2 Å². The third-order valence-corrected chi connectivity index (χ3v) is 9.69. The summed E-state index contributed by atoms with van der Waals surface area (Å²) in [5.41, 5.74) is 0.655. The lowest BCUT2D eigenvalue weighted by Gasteiger charge is -2.38. The molecule has 2 amide bonds. The normalized spacial score (nSPS) is 29.5. The van der Waals surface area contributed by atoms with Crippen molar-refractivity contribution in [3.8, 4) is 0 Å². The number of para-hydroxylation sites is 1. The predicted octanol–water partition coefficient (Wildman–Crippen LogP) is 4.90. The number of likely N-dealkylation sites (tertiary alicyclic amines) is 1. The molecular formula is C34H48N2O6. The molecule has 3 unspecified atom stereocenters. The molecule has 8 heteroatoms. The fourth-order valence-corrected chi connectivity index (χ4v) is 7.64. The number of aliphatic hydroxyl groups is 1. The smallest absolute Gasteiger partial charge is 0.312 e. The van der Waals surface area contributed by atoms with Crippen LogP contribution in [0.2, 0.25) is 0 Å². The van der Waals surface area contributed by atoms with Crippen molar-refractivity contribution in [1.82, 2.24) is 4.90 Å². The number of hydrogen-bond donors (Lipinski definition) is 1. The summed E-state index contributed by atoms with van der Waals surface area (Å²) in [6.45, 7) is 16.5. The first-order valence-corrected chi connectivity index (χ1v) is 15.5. The SMILES string of the molecule is C=CCCCCOC(=O)[C@H]1[C@H]2C(=O)N(CCCCCO)C(C(=O)N(CC=C)c3c(C)cccc3C)C23CC(C)[C@]1(C)O3. The van der Waals surface area contributed by atoms with Gasteiger partial charge in [0.15, 0.2) is 0 Å². The van der Waals surface area contributed by atoms with Gasteiger partial charge in [0.05, 0.1) is 18.1 Å². The second-order valence-electron chi connectivity index (χ2n) is 12.4. The van der Waals surface area contributed by atoms with Gasteiger partial charge in [-0.25, -0.2) is 0 Å². The molecule has 0 aromatic heterocycles. The van der Waals surface area contributed by atoms with Crippen LogP contribution in [0.5, 0.6) is 0 Å². The highest BCUT2D eigenvalue weighted by Gasteiger charge is 2.80. The zero-order valence-corrected chi connectivity index (χ0v) is 25.8. The molecule has 1 spiro atoms. The summed E-state index contributed by atoms with van der Waals surface area (Å²) in [6.07, 6.45) is 8.44. The number of carbonyl (C=O) groups excluding carboxylic acids is 3. The van der Waals surface area contributed by atoms with E-state index in [1.54, 1.807) is 15.9 Å². The van der Waals surface area contributed by atoms with Crippen LogP contribution in [-0.2, 0) is 23.9 Å². The highest BCUT2D eigenvalue weighted by molar-refractivity contribution is 6.05. The van der Waals surface area contributed by atoms with Crippen molar-refractivity contribution in [3.05, 3.63) is 54.6 Å². The molecule has 6 atom stereocenters. The van der Waals surface area contributed by atoms with Crippen molar-refractivity contribution in [2.75, 3.05) is 31.2 Å². The third kappa shape index (κ3) is 5.44. The number of carbonyl (C=O) groups is 3. The number of unbranched alkanes of at least 4 members (excludes halogenated alkanes) is 4. The molecule has 1 aromatic rings. The number of allylic oxidation sites excluding steroid dienone is 1. The number of fused-ring (bicyclic) bond motifs is 1. The largest absolute Gasteiger partial charge is 0.465 e. The highest BCUT2D eigenvalue weighted by atomic mass is 16.6. The van der Waals surface area contributed by atoms with Gasteiger partial charge in [-0.2, -0.15) is 0 Å². The second kappa shape index (κ2) is 13.1. The Balaban J connectivity index is 1.74. The van der Waals surface area contributed by atoms with E-state index < -0.39 is 35.0 Å². The van der Waals surface area contributed by atoms with E-state index >= 15 is 0 Å². The van der Waals surface area contributed by atoms with Crippen LogP contribution >= 0.6 is 0 Å². The maximum Gasteiger partial charge on any atom is 0.312 e. The molecule has 1 aromatic carbocycles. The van der Waals surface area contributed by atoms with Crippen LogP contribution in [0.3, 0.4) is 0 Å². The molecule has 0 radical (unpaired) electrons. The van der Waals surface area contributed by atoms with Gasteiger partial charge in [-0.05, 0) is 82.8 Å². The molecule has 3 fully saturated rings. The monoisotopic (exact) mass is 580 g/mol. The van der Waals surface area contributed by atoms with Crippen LogP contribution in [0.1, 0.15) is 69.9 Å². The van der Waals surface area contributed by atoms with E-state index in [2.05, 4.69) is 13.2 Å². The first-order chi connectivity index (χ1) is 20.1. The van der Waals surface area contributed by atoms with E-state index in [1.165, 1.54) is 0 Å². The number of nitrogens with zero attached hydrogens (tertiary/aromatic N) is 2. The molecule has 3 heterocycles. The number of esters is 1. The van der Waals surface area contributed by atoms with Gasteiger partial charge >= 0.3 is 5.97 Å². The lowest BCUT2D eigenvalue weighted by Crippen LogP contribution is -2.57. The van der Waals surface area contributed by atoms with Gasteiger partial charge in [-0.1, -0.05) is 37.3 Å². The minimum atomic E-state index is -1.14. The number of anilines is 1. The lowest BCUT2D eigenvalue weighted by molar-refractivity contribution is -0.161. The molecule has 0 aliphatic carbocycles. The van der Waals surface area contributed by atoms with Crippen molar-refractivity contribution in [2.24, 2.45) is 17.8 Å². The minimum absolute atomic E-state index is 0.0578. The lowest BCUT2D eigenvalue weighted by atomic mass is 9.62. The zero-order valence-electron chi connectivity index (χ0n) is 25.8. The molecule has 2 bridgehead atoms. The van der Waals surface area contributed by atoms with Crippen molar-refractivity contribution >= 4 is 23.5 Å². The van der Waals surface area contributed by atoms with Crippen LogP contribution in [0, 0.1) is 31.6 Å². The summed E-state index contributed by atoms with van der Waals surface area (Å²) in [7, 11) is 0. The van der Waals surface area contributed by atoms with Gasteiger partial charge in [0.1, 0.15) is 17.6 Å². The summed E-state index contributed by atoms with van der Waals surface area (Å²) < 4.78 is 12.6. The molecule has 3 aliphatic heterocycles. The van der Waals surface area contributed by atoms with E-state index in [0.717, 1.165) is 36.1 Å². The fourth-order valence-electron chi connectivity index (χ4n) is 7.64. The molecule has 42 heavy (non-hydrogen) atoms. The average molecular weight is 581 g/mol. The van der Waals surface area contributed by atoms with Gasteiger partial charge < -0.3 is 24.4 Å². The van der Waals surface area contributed by atoms with Crippen molar-refractivity contribution in [2.45, 2.75) is 89.9 Å². The van der Waals surface area contributed by atoms with Gasteiger partial charge in [0.2, 0.25) is 5.91 Å². The fraction of sp³-hybridized carbons (Fsp3) is 0.618. The molecular weight excluding hydrogens is 532 g/mol. The standard InChI is InChI=1S/C34H48N2O6/c1-7-9-10-14-21-41-32(40)27-26-30(38)36(19-12-11-13-20-37)29(34(26)22-25(5)33(27,6)42-34)31(39)35(18-8-2)28-23(3)16-15-17-24(28)4/h7-8,15-17,25-27,29,37H,1-2,9-14,18-22H2,3-6H3/t25?,26-,27+,29?,33-,34?/m0/s1. The summed E-state index contributed by atoms with van der Waals surface area (Å²) in [4.78, 5) is 46.3. The van der Waals surface area contributed by atoms with Gasteiger partial charge in [0, 0.05) is 25.4 Å². The predicted molar refractivity (Wildman–Crippen MR) is 163 cm³/mol. The molecule has 3 saturated heterocycles. The van der Waals surface area contributed by atoms with E-state index in [1.807, 2.05) is 52.0 Å². The first kappa shape index (κ1) is 32.0. The minimum Gasteiger partial charge on any atom is -0.465 e. The molecule has 8 nitrogen and oxygen atoms in total. The van der Waals surface area contributed by atoms with Crippen LogP contribution in [-0.4, -0.2) is 71.3 Å². The summed E-state index contributed by atoms with van der Waals surface area (Å²) in [5, 5.41) is 9.32. The Morgan fingerprint density at radius 2 is 1.86 bits per heavy atom. The number of ether oxygens (including phenoxy) is 2. The Hall–Kier alpha value is -2.97. The Morgan fingerprint density at radius 3 is 2.50 bits per heavy atom. The molecule has 1 N–H and O–H groups in total. The first-order valence-electron chi connectivity index (χ1n) is 15.5. The van der Waals surface area contributed by atoms with Crippen LogP contribution in [0.15, 0.2) is 43.5 Å². The van der Waals surface area contributed by atoms with Gasteiger partial charge in [-0.15, -0.1) is 13.2 Å². The molecule has 230 valence electrons. The average Bonchev–Trinajstić information content (AvgIpc) is 3.46. The third-order valence-electron chi connectivity index (χ3n) is 9.69. The van der Waals surface area contributed by atoms with Crippen LogP contribution in [0.25, 0.3) is 0 Å². The summed E-state index contributed by atoms with van der Waals surface area (Å²) >= 11 is 0. The Kier molecular flexibility index (Phi) is 9.99. The van der Waals surface area contributed by atoms with Crippen molar-refractivity contribution in [3.63, 3.8) is 0 Å². The van der Waals surface area contributed by atoms with Gasteiger partial charge in [-0.3, -0.25) is 14.4 Å². The van der Waals surface area contributed by atoms with Crippen molar-refractivity contribution in [1.29, 1.82) is 0 Å². The van der Waals surface area contributed by atoms with Crippen LogP contribution in [0.4, 0.5) is 5.69 Å². The summed E-state index contributed by atoms with van der Waals surface area (Å²) in [6, 6.07) is 5.02. The van der Waals surface area contributed by atoms with Gasteiger partial charge in [0.25, 0.3) is 5.91 Å².